The van der Waals surface area contributed by atoms with E-state index in [-0.39, 0.29) is 0 Å². The number of aromatic nitrogens is 2. The quantitative estimate of drug-likeness (QED) is 0.273. The van der Waals surface area contributed by atoms with Gasteiger partial charge in [0.15, 0.2) is 0 Å². The second kappa shape index (κ2) is 24.5. The van der Waals surface area contributed by atoms with Gasteiger partial charge in [0.25, 0.3) is 0 Å². The van der Waals surface area contributed by atoms with E-state index >= 15 is 0 Å². The summed E-state index contributed by atoms with van der Waals surface area (Å²) in [6, 6.07) is 15.8. The van der Waals surface area contributed by atoms with E-state index in [0.717, 1.165) is 17.7 Å². The Bertz CT molecular complexity index is 751. The maximum atomic E-state index is 5.60. The lowest BCUT2D eigenvalue weighted by molar-refractivity contribution is 0.294. The van der Waals surface area contributed by atoms with Crippen molar-refractivity contribution in [3.63, 3.8) is 0 Å². The summed E-state index contributed by atoms with van der Waals surface area (Å²) in [5.74, 6) is 0.638. The zero-order valence-electron chi connectivity index (χ0n) is 23.3. The van der Waals surface area contributed by atoms with Crippen molar-refractivity contribution in [1.29, 1.82) is 0 Å². The topological polar surface area (TPSA) is 48.2 Å². The molecule has 0 aliphatic carbocycles. The SMILES string of the molecule is CCCCC.CCCCC.CCCCC.c1ccc(OCc2ccc(Cc3ccon3)cc2)nc1. The Morgan fingerprint density at radius 1 is 0.657 bits per heavy atom. The maximum Gasteiger partial charge on any atom is 0.213 e. The van der Waals surface area contributed by atoms with Crippen molar-refractivity contribution in [3.05, 3.63) is 77.8 Å². The monoisotopic (exact) mass is 482 g/mol. The molecule has 3 aromatic rings. The summed E-state index contributed by atoms with van der Waals surface area (Å²) in [6.45, 7) is 13.8. The molecule has 4 nitrogen and oxygen atoms in total. The summed E-state index contributed by atoms with van der Waals surface area (Å²) in [5, 5.41) is 3.90. The molecule has 0 radical (unpaired) electrons. The van der Waals surface area contributed by atoms with E-state index < -0.39 is 0 Å². The average Bonchev–Trinajstić information content (AvgIpc) is 3.40. The Balaban J connectivity index is 0.000000635. The summed E-state index contributed by atoms with van der Waals surface area (Å²) >= 11 is 0. The molecule has 0 atom stereocenters. The third-order valence-electron chi connectivity index (χ3n) is 5.05. The molecule has 0 amide bonds. The number of hydrogen-bond donors (Lipinski definition) is 0. The smallest absolute Gasteiger partial charge is 0.213 e. The highest BCUT2D eigenvalue weighted by atomic mass is 16.5. The van der Waals surface area contributed by atoms with Gasteiger partial charge in [0.05, 0.1) is 5.69 Å². The summed E-state index contributed by atoms with van der Waals surface area (Å²) in [7, 11) is 0. The highest BCUT2D eigenvalue weighted by Crippen LogP contribution is 2.12. The van der Waals surface area contributed by atoms with Gasteiger partial charge in [-0.05, 0) is 17.2 Å². The summed E-state index contributed by atoms with van der Waals surface area (Å²) in [5.41, 5.74) is 3.24. The van der Waals surface area contributed by atoms with Gasteiger partial charge in [-0.2, -0.15) is 0 Å². The fourth-order valence-corrected chi connectivity index (χ4v) is 2.94. The van der Waals surface area contributed by atoms with Crippen LogP contribution in [0.4, 0.5) is 0 Å². The highest BCUT2D eigenvalue weighted by molar-refractivity contribution is 5.25. The first kappa shape index (κ1) is 32.4. The zero-order valence-corrected chi connectivity index (χ0v) is 23.3. The van der Waals surface area contributed by atoms with E-state index in [2.05, 4.69) is 75.9 Å². The van der Waals surface area contributed by atoms with Crippen LogP contribution in [0.25, 0.3) is 0 Å². The first-order valence-electron chi connectivity index (χ1n) is 13.7. The van der Waals surface area contributed by atoms with Gasteiger partial charge in [-0.1, -0.05) is 135 Å². The van der Waals surface area contributed by atoms with Gasteiger partial charge >= 0.3 is 0 Å². The van der Waals surface area contributed by atoms with Crippen molar-refractivity contribution in [3.8, 4) is 5.88 Å². The molecule has 0 fully saturated rings. The molecule has 35 heavy (non-hydrogen) atoms. The van der Waals surface area contributed by atoms with E-state index in [1.54, 1.807) is 12.5 Å². The average molecular weight is 483 g/mol. The van der Waals surface area contributed by atoms with Crippen LogP contribution in [-0.4, -0.2) is 10.1 Å². The van der Waals surface area contributed by atoms with Crippen molar-refractivity contribution in [2.75, 3.05) is 0 Å². The van der Waals surface area contributed by atoms with Crippen LogP contribution < -0.4 is 4.74 Å². The van der Waals surface area contributed by atoms with E-state index in [1.165, 1.54) is 63.4 Å². The Morgan fingerprint density at radius 3 is 1.60 bits per heavy atom. The molecule has 0 spiro atoms. The molecule has 0 saturated heterocycles. The molecule has 0 N–H and O–H groups in total. The minimum absolute atomic E-state index is 0.515. The van der Waals surface area contributed by atoms with Crippen LogP contribution >= 0.6 is 0 Å². The van der Waals surface area contributed by atoms with Crippen LogP contribution in [0.15, 0.2) is 65.5 Å². The molecule has 3 rings (SSSR count). The second-order valence-electron chi connectivity index (χ2n) is 8.50. The first-order valence-corrected chi connectivity index (χ1v) is 13.7. The van der Waals surface area contributed by atoms with Gasteiger partial charge in [0.1, 0.15) is 12.9 Å². The lowest BCUT2D eigenvalue weighted by Gasteiger charge is -2.05. The molecular weight excluding hydrogens is 432 g/mol. The van der Waals surface area contributed by atoms with Crippen LogP contribution in [0.1, 0.15) is 116 Å². The van der Waals surface area contributed by atoms with Crippen molar-refractivity contribution < 1.29 is 9.26 Å². The van der Waals surface area contributed by atoms with Gasteiger partial charge in [-0.15, -0.1) is 0 Å². The molecule has 2 heterocycles. The number of ether oxygens (including phenoxy) is 1. The number of nitrogens with zero attached hydrogens (tertiary/aromatic N) is 2. The molecule has 0 saturated carbocycles. The van der Waals surface area contributed by atoms with Gasteiger partial charge < -0.3 is 9.26 Å². The van der Waals surface area contributed by atoms with Crippen LogP contribution in [0.3, 0.4) is 0 Å². The fourth-order valence-electron chi connectivity index (χ4n) is 2.94. The molecule has 1 aromatic carbocycles. The molecule has 4 heteroatoms. The number of pyridine rings is 1. The van der Waals surface area contributed by atoms with Gasteiger partial charge in [0.2, 0.25) is 5.88 Å². The van der Waals surface area contributed by atoms with Crippen molar-refractivity contribution in [2.24, 2.45) is 0 Å². The summed E-state index contributed by atoms with van der Waals surface area (Å²) in [4.78, 5) is 4.12. The lowest BCUT2D eigenvalue weighted by atomic mass is 10.1. The lowest BCUT2D eigenvalue weighted by Crippen LogP contribution is -1.97. The molecule has 0 aliphatic heterocycles. The van der Waals surface area contributed by atoms with E-state index in [1.807, 2.05) is 24.3 Å². The van der Waals surface area contributed by atoms with Gasteiger partial charge in [-0.3, -0.25) is 0 Å². The van der Waals surface area contributed by atoms with Crippen molar-refractivity contribution >= 4 is 0 Å². The van der Waals surface area contributed by atoms with Gasteiger partial charge in [0, 0.05) is 24.8 Å². The summed E-state index contributed by atoms with van der Waals surface area (Å²) < 4.78 is 10.4. The Hall–Kier alpha value is -2.62. The Morgan fingerprint density at radius 2 is 1.20 bits per heavy atom. The predicted octanol–water partition coefficient (Wildman–Crippen LogP) is 9.83. The Kier molecular flexibility index (Phi) is 22.7. The minimum Gasteiger partial charge on any atom is -0.473 e. The number of unbranched alkanes of at least 4 members (excludes halogenated alkanes) is 6. The molecule has 0 aliphatic rings. The van der Waals surface area contributed by atoms with Crippen LogP contribution in [-0.2, 0) is 13.0 Å². The van der Waals surface area contributed by atoms with Crippen molar-refractivity contribution in [2.45, 2.75) is 112 Å². The number of benzene rings is 1. The normalized spacial score (nSPS) is 9.54. The predicted molar refractivity (Wildman–Crippen MR) is 150 cm³/mol. The largest absolute Gasteiger partial charge is 0.473 e. The third-order valence-corrected chi connectivity index (χ3v) is 5.05. The van der Waals surface area contributed by atoms with Crippen LogP contribution in [0.5, 0.6) is 5.88 Å². The Labute approximate surface area is 215 Å². The number of hydrogen-bond acceptors (Lipinski definition) is 4. The van der Waals surface area contributed by atoms with Crippen LogP contribution in [0, 0.1) is 0 Å². The maximum absolute atomic E-state index is 5.60. The van der Waals surface area contributed by atoms with E-state index in [4.69, 9.17) is 9.26 Å². The minimum atomic E-state index is 0.515. The molecule has 0 bridgehead atoms. The molecule has 196 valence electrons. The van der Waals surface area contributed by atoms with E-state index in [0.29, 0.717) is 12.5 Å². The second-order valence-corrected chi connectivity index (χ2v) is 8.50. The fraction of sp³-hybridized carbons (Fsp3) is 0.548. The molecule has 0 unspecified atom stereocenters. The highest BCUT2D eigenvalue weighted by Gasteiger charge is 2.01. The zero-order chi connectivity index (χ0) is 26.0. The summed E-state index contributed by atoms with van der Waals surface area (Å²) in [6.07, 6.45) is 16.3. The molecular formula is C31H50N2O2. The van der Waals surface area contributed by atoms with E-state index in [9.17, 15) is 0 Å². The number of rotatable bonds is 11. The van der Waals surface area contributed by atoms with Gasteiger partial charge in [-0.25, -0.2) is 4.98 Å². The molecule has 2 aromatic heterocycles. The first-order chi connectivity index (χ1) is 17.1. The van der Waals surface area contributed by atoms with Crippen molar-refractivity contribution in [1.82, 2.24) is 10.1 Å². The van der Waals surface area contributed by atoms with Crippen LogP contribution in [0.2, 0.25) is 0 Å². The standard InChI is InChI=1S/C16H14N2O2.3C5H12/c1-2-9-17-16(3-1)19-12-14-6-4-13(5-7-14)11-15-8-10-20-18-15;3*1-3-5-4-2/h1-10H,11-12H2;3*3-5H2,1-2H3. The third kappa shape index (κ3) is 19.4.